The number of methoxy groups -OCH3 is 1. The second-order valence-electron chi connectivity index (χ2n) is 11.5. The van der Waals surface area contributed by atoms with E-state index >= 15 is 0 Å². The van der Waals surface area contributed by atoms with Crippen LogP contribution >= 0.6 is 0 Å². The number of nitrogens with two attached hydrogens (primary N) is 1. The van der Waals surface area contributed by atoms with E-state index in [-0.39, 0.29) is 6.79 Å². The normalized spacial score (nSPS) is 18.5. The van der Waals surface area contributed by atoms with Gasteiger partial charge in [0.1, 0.15) is 6.29 Å². The smallest absolute Gasteiger partial charge is 0.231 e. The van der Waals surface area contributed by atoms with Crippen molar-refractivity contribution < 1.29 is 19.0 Å². The highest BCUT2D eigenvalue weighted by molar-refractivity contribution is 5.56. The van der Waals surface area contributed by atoms with Crippen LogP contribution in [0.15, 0.2) is 36.1 Å². The van der Waals surface area contributed by atoms with Gasteiger partial charge in [0.25, 0.3) is 0 Å². The summed E-state index contributed by atoms with van der Waals surface area (Å²) in [6.45, 7) is 16.4. The van der Waals surface area contributed by atoms with Gasteiger partial charge >= 0.3 is 0 Å². The molecular weight excluding hydrogens is 538 g/mol. The average molecular weight is 602 g/mol. The number of hydrogen-bond acceptors (Lipinski definition) is 7. The van der Waals surface area contributed by atoms with Gasteiger partial charge in [-0.25, -0.2) is 0 Å². The van der Waals surface area contributed by atoms with Crippen LogP contribution in [0.3, 0.4) is 0 Å². The number of hydrogen-bond donors (Lipinski definition) is 1. The molecule has 2 aliphatic heterocycles. The Balaban J connectivity index is 0.000000447. The number of ether oxygens (including phenoxy) is 3. The lowest BCUT2D eigenvalue weighted by Crippen LogP contribution is -2.32. The quantitative estimate of drug-likeness (QED) is 0.110. The molecule has 0 saturated carbocycles. The van der Waals surface area contributed by atoms with Gasteiger partial charge in [-0.15, -0.1) is 0 Å². The van der Waals surface area contributed by atoms with Gasteiger partial charge in [0.05, 0.1) is 13.7 Å². The zero-order valence-electron chi connectivity index (χ0n) is 28.7. The summed E-state index contributed by atoms with van der Waals surface area (Å²) in [7, 11) is 3.82. The maximum absolute atomic E-state index is 11.1. The zero-order chi connectivity index (χ0) is 32.0. The third-order valence-electron chi connectivity index (χ3n) is 8.07. The van der Waals surface area contributed by atoms with Crippen molar-refractivity contribution in [3.8, 4) is 17.2 Å². The molecule has 3 rings (SSSR count). The van der Waals surface area contributed by atoms with E-state index in [1.807, 2.05) is 19.9 Å². The number of likely N-dealkylation sites (N-methyl/N-ethyl adjacent to an activating group) is 1. The molecule has 0 aliphatic carbocycles. The van der Waals surface area contributed by atoms with Crippen LogP contribution in [-0.4, -0.2) is 69.3 Å². The first kappa shape index (κ1) is 38.5. The Morgan fingerprint density at radius 2 is 1.91 bits per heavy atom. The van der Waals surface area contributed by atoms with E-state index < -0.39 is 0 Å². The molecule has 1 saturated heterocycles. The molecule has 7 heteroatoms. The first-order valence-electron chi connectivity index (χ1n) is 16.8. The topological polar surface area (TPSA) is 77.3 Å². The lowest BCUT2D eigenvalue weighted by molar-refractivity contribution is -0.109. The molecule has 246 valence electrons. The van der Waals surface area contributed by atoms with Crippen LogP contribution in [0.1, 0.15) is 111 Å². The number of unbranched alkanes of at least 4 members (excludes halogenated alkanes) is 3. The fraction of sp³-hybridized carbons (Fsp3) is 0.694. The van der Waals surface area contributed by atoms with Crippen molar-refractivity contribution in [3.63, 3.8) is 0 Å². The lowest BCUT2D eigenvalue weighted by atomic mass is 9.91. The van der Waals surface area contributed by atoms with E-state index in [0.29, 0.717) is 36.7 Å². The molecule has 2 N–H and O–H groups in total. The minimum absolute atomic E-state index is 0.244. The Labute approximate surface area is 263 Å². The van der Waals surface area contributed by atoms with Crippen LogP contribution < -0.4 is 19.9 Å². The predicted octanol–water partition coefficient (Wildman–Crippen LogP) is 7.94. The zero-order valence-corrected chi connectivity index (χ0v) is 28.7. The van der Waals surface area contributed by atoms with Crippen LogP contribution in [0.5, 0.6) is 17.2 Å². The maximum Gasteiger partial charge on any atom is 0.231 e. The molecule has 1 fully saturated rings. The van der Waals surface area contributed by atoms with Crippen molar-refractivity contribution in [2.24, 2.45) is 11.7 Å². The summed E-state index contributed by atoms with van der Waals surface area (Å²) < 4.78 is 16.5. The van der Waals surface area contributed by atoms with Crippen LogP contribution in [0, 0.1) is 5.92 Å². The fourth-order valence-corrected chi connectivity index (χ4v) is 5.77. The highest BCUT2D eigenvalue weighted by Gasteiger charge is 2.34. The Bertz CT molecular complexity index is 949. The van der Waals surface area contributed by atoms with Gasteiger partial charge in [0.2, 0.25) is 12.5 Å². The van der Waals surface area contributed by atoms with Gasteiger partial charge in [-0.1, -0.05) is 85.8 Å². The molecule has 7 nitrogen and oxygen atoms in total. The van der Waals surface area contributed by atoms with Crippen LogP contribution in [0.25, 0.3) is 0 Å². The van der Waals surface area contributed by atoms with Gasteiger partial charge in [-0.2, -0.15) is 0 Å². The molecule has 43 heavy (non-hydrogen) atoms. The molecule has 0 bridgehead atoms. The Hall–Kier alpha value is -2.51. The van der Waals surface area contributed by atoms with Crippen molar-refractivity contribution in [2.45, 2.75) is 111 Å². The monoisotopic (exact) mass is 601 g/mol. The Morgan fingerprint density at radius 3 is 2.53 bits per heavy atom. The van der Waals surface area contributed by atoms with E-state index in [9.17, 15) is 4.79 Å². The van der Waals surface area contributed by atoms with Crippen molar-refractivity contribution in [3.05, 3.63) is 41.6 Å². The standard InChI is InChI=1S/C20H29NO4.C14H28N2.C2H6/c1-4-5-14(2)8-17-9-16(12-21(17)6-7-22)15-10-18(23-3)20-19(11-15)24-13-25-20;1-4-6-8-10-14(11-9-12-15)16(3)13-7-5-2;1-2/h7,10-11,14,16-17H,4-6,8-9,12-13H2,1-3H3;9-11H,4-8,12-13,15H2,1-3H3;1-2H3/b;11-9-,14-10+;/t14-,16?,17?;;/m1../s1. The summed E-state index contributed by atoms with van der Waals surface area (Å²) >= 11 is 0. The number of carbonyl (C=O) groups excluding carboxylic acids is 1. The SMILES string of the molecule is CC.CCCC/C=C(\C=C/CN)N(C)CCCC.CCC[C@@H](C)CC1CC(c2cc(OC)c3c(c2)OCO3)CN1CC=O. The summed E-state index contributed by atoms with van der Waals surface area (Å²) in [5.41, 5.74) is 8.02. The van der Waals surface area contributed by atoms with Gasteiger partial charge in [-0.3, -0.25) is 4.90 Å². The molecule has 0 spiro atoms. The first-order chi connectivity index (χ1) is 20.9. The van der Waals surface area contributed by atoms with E-state index in [1.165, 1.54) is 49.8 Å². The average Bonchev–Trinajstić information content (AvgIpc) is 3.66. The molecule has 2 unspecified atom stereocenters. The van der Waals surface area contributed by atoms with E-state index in [4.69, 9.17) is 19.9 Å². The molecule has 2 heterocycles. The largest absolute Gasteiger partial charge is 0.493 e. The highest BCUT2D eigenvalue weighted by Crippen LogP contribution is 2.45. The van der Waals surface area contributed by atoms with Crippen molar-refractivity contribution in [1.82, 2.24) is 9.80 Å². The van der Waals surface area contributed by atoms with Crippen LogP contribution in [0.2, 0.25) is 0 Å². The summed E-state index contributed by atoms with van der Waals surface area (Å²) in [6.07, 6.45) is 18.4. The summed E-state index contributed by atoms with van der Waals surface area (Å²) in [5, 5.41) is 0. The number of fused-ring (bicyclic) bond motifs is 1. The van der Waals surface area contributed by atoms with Crippen LogP contribution in [0.4, 0.5) is 0 Å². The number of likely N-dealkylation sites (tertiary alicyclic amines) is 1. The van der Waals surface area contributed by atoms with Crippen molar-refractivity contribution in [1.29, 1.82) is 0 Å². The number of aldehydes is 1. The molecule has 0 amide bonds. The predicted molar refractivity (Wildman–Crippen MR) is 181 cm³/mol. The number of rotatable bonds is 17. The van der Waals surface area contributed by atoms with Gasteiger partial charge < -0.3 is 29.6 Å². The highest BCUT2D eigenvalue weighted by atomic mass is 16.7. The number of allylic oxidation sites excluding steroid dienone is 2. The summed E-state index contributed by atoms with van der Waals surface area (Å²) in [6, 6.07) is 4.61. The van der Waals surface area contributed by atoms with E-state index in [0.717, 1.165) is 50.1 Å². The second-order valence-corrected chi connectivity index (χ2v) is 11.5. The van der Waals surface area contributed by atoms with Gasteiger partial charge in [-0.05, 0) is 61.3 Å². The minimum atomic E-state index is 0.244. The number of carbonyl (C=O) groups is 1. The van der Waals surface area contributed by atoms with Gasteiger partial charge in [0, 0.05) is 38.4 Å². The molecule has 1 aromatic carbocycles. The lowest BCUT2D eigenvalue weighted by Gasteiger charge is -2.24. The maximum atomic E-state index is 11.1. The molecule has 1 aromatic rings. The van der Waals surface area contributed by atoms with Gasteiger partial charge in [0.15, 0.2) is 11.5 Å². The van der Waals surface area contributed by atoms with Crippen molar-refractivity contribution >= 4 is 6.29 Å². The number of benzene rings is 1. The fourth-order valence-electron chi connectivity index (χ4n) is 5.77. The van der Waals surface area contributed by atoms with Crippen molar-refractivity contribution in [2.75, 3.05) is 47.1 Å². The summed E-state index contributed by atoms with van der Waals surface area (Å²) in [5.74, 6) is 3.27. The minimum Gasteiger partial charge on any atom is -0.493 e. The second kappa shape index (κ2) is 22.9. The Morgan fingerprint density at radius 1 is 1.16 bits per heavy atom. The summed E-state index contributed by atoms with van der Waals surface area (Å²) in [4.78, 5) is 15.8. The molecule has 0 radical (unpaired) electrons. The van der Waals surface area contributed by atoms with E-state index in [1.54, 1.807) is 7.11 Å². The number of nitrogens with zero attached hydrogens (tertiary/aromatic N) is 2. The first-order valence-corrected chi connectivity index (χ1v) is 16.8. The van der Waals surface area contributed by atoms with Crippen LogP contribution in [-0.2, 0) is 4.79 Å². The molecule has 3 atom stereocenters. The Kier molecular flexibility index (Phi) is 20.6. The molecular formula is C36H63N3O4. The van der Waals surface area contributed by atoms with E-state index in [2.05, 4.69) is 68.8 Å². The third kappa shape index (κ3) is 13.3. The molecule has 2 aliphatic rings. The molecule has 0 aromatic heterocycles. The third-order valence-corrected chi connectivity index (χ3v) is 8.07.